The lowest BCUT2D eigenvalue weighted by molar-refractivity contribution is -0.137. The summed E-state index contributed by atoms with van der Waals surface area (Å²) in [5.41, 5.74) is 1.10. The van der Waals surface area contributed by atoms with E-state index in [1.54, 1.807) is 0 Å². The van der Waals surface area contributed by atoms with Crippen molar-refractivity contribution in [2.24, 2.45) is 0 Å². The molecule has 2 heterocycles. The second kappa shape index (κ2) is 5.36. The number of hydrogen-bond donors (Lipinski definition) is 1. The first-order valence-electron chi connectivity index (χ1n) is 8.29. The predicted octanol–water partition coefficient (Wildman–Crippen LogP) is 2.27. The monoisotopic (exact) mass is 305 g/mol. The minimum Gasteiger partial charge on any atom is -0.353 e. The SMILES string of the molecule is O=C1NCCN(Cc2nc3c(s2)CCCC3)C12CCCC2. The summed E-state index contributed by atoms with van der Waals surface area (Å²) in [5, 5.41) is 4.31. The summed E-state index contributed by atoms with van der Waals surface area (Å²) in [4.78, 5) is 21.2. The third-order valence-corrected chi connectivity index (χ3v) is 6.48. The molecule has 1 aliphatic heterocycles. The lowest BCUT2D eigenvalue weighted by atomic mass is 9.91. The van der Waals surface area contributed by atoms with E-state index in [-0.39, 0.29) is 11.4 Å². The van der Waals surface area contributed by atoms with Crippen LogP contribution in [0.15, 0.2) is 0 Å². The van der Waals surface area contributed by atoms with Gasteiger partial charge in [0.15, 0.2) is 0 Å². The molecule has 3 aliphatic rings. The highest BCUT2D eigenvalue weighted by atomic mass is 32.1. The van der Waals surface area contributed by atoms with Crippen molar-refractivity contribution in [3.05, 3.63) is 15.6 Å². The van der Waals surface area contributed by atoms with Gasteiger partial charge in [-0.3, -0.25) is 9.69 Å². The third-order valence-electron chi connectivity index (χ3n) is 5.34. The summed E-state index contributed by atoms with van der Waals surface area (Å²) < 4.78 is 0. The standard InChI is InChI=1S/C16H23N3OS/c20-15-16(7-3-4-8-16)19(10-9-17-15)11-14-18-12-5-1-2-6-13(12)21-14/h1-11H2,(H,17,20). The molecule has 0 bridgehead atoms. The van der Waals surface area contributed by atoms with E-state index in [1.165, 1.54) is 47.7 Å². The fraction of sp³-hybridized carbons (Fsp3) is 0.750. The van der Waals surface area contributed by atoms with E-state index < -0.39 is 0 Å². The molecule has 5 heteroatoms. The van der Waals surface area contributed by atoms with Gasteiger partial charge in [0.1, 0.15) is 10.5 Å². The van der Waals surface area contributed by atoms with Crippen LogP contribution in [0.25, 0.3) is 0 Å². The van der Waals surface area contributed by atoms with Gasteiger partial charge in [0.25, 0.3) is 0 Å². The van der Waals surface area contributed by atoms with Crippen LogP contribution in [-0.4, -0.2) is 34.4 Å². The van der Waals surface area contributed by atoms with Crippen molar-refractivity contribution in [2.75, 3.05) is 13.1 Å². The van der Waals surface area contributed by atoms with E-state index in [0.29, 0.717) is 0 Å². The van der Waals surface area contributed by atoms with Gasteiger partial charge < -0.3 is 5.32 Å². The molecule has 0 atom stereocenters. The van der Waals surface area contributed by atoms with Crippen molar-refractivity contribution in [3.8, 4) is 0 Å². The summed E-state index contributed by atoms with van der Waals surface area (Å²) in [6, 6.07) is 0. The van der Waals surface area contributed by atoms with E-state index in [4.69, 9.17) is 4.98 Å². The van der Waals surface area contributed by atoms with Crippen molar-refractivity contribution in [1.29, 1.82) is 0 Å². The Kier molecular flexibility index (Phi) is 3.50. The summed E-state index contributed by atoms with van der Waals surface area (Å²) in [6.45, 7) is 2.62. The molecule has 1 aromatic rings. The fourth-order valence-electron chi connectivity index (χ4n) is 4.20. The highest BCUT2D eigenvalue weighted by molar-refractivity contribution is 7.11. The van der Waals surface area contributed by atoms with Crippen LogP contribution >= 0.6 is 11.3 Å². The molecule has 1 N–H and O–H groups in total. The number of nitrogens with zero attached hydrogens (tertiary/aromatic N) is 2. The summed E-state index contributed by atoms with van der Waals surface area (Å²) in [6.07, 6.45) is 9.34. The maximum atomic E-state index is 12.4. The molecule has 114 valence electrons. The number of aromatic nitrogens is 1. The molecule has 1 saturated heterocycles. The second-order valence-corrected chi connectivity index (χ2v) is 7.77. The van der Waals surface area contributed by atoms with Gasteiger partial charge in [0.05, 0.1) is 12.2 Å². The first-order chi connectivity index (χ1) is 10.3. The average Bonchev–Trinajstić information content (AvgIpc) is 3.12. The van der Waals surface area contributed by atoms with E-state index in [1.807, 2.05) is 11.3 Å². The number of amides is 1. The summed E-state index contributed by atoms with van der Waals surface area (Å²) in [5.74, 6) is 0.257. The van der Waals surface area contributed by atoms with Crippen LogP contribution in [0.1, 0.15) is 54.1 Å². The van der Waals surface area contributed by atoms with Crippen molar-refractivity contribution >= 4 is 17.2 Å². The molecule has 4 nitrogen and oxygen atoms in total. The Hall–Kier alpha value is -0.940. The molecule has 21 heavy (non-hydrogen) atoms. The first kappa shape index (κ1) is 13.7. The van der Waals surface area contributed by atoms with E-state index >= 15 is 0 Å². The van der Waals surface area contributed by atoms with Gasteiger partial charge in [-0.2, -0.15) is 0 Å². The van der Waals surface area contributed by atoms with Gasteiger partial charge in [-0.1, -0.05) is 12.8 Å². The smallest absolute Gasteiger partial charge is 0.240 e. The van der Waals surface area contributed by atoms with Crippen LogP contribution in [0.3, 0.4) is 0 Å². The van der Waals surface area contributed by atoms with Crippen LogP contribution in [0.5, 0.6) is 0 Å². The number of nitrogens with one attached hydrogen (secondary N) is 1. The first-order valence-corrected chi connectivity index (χ1v) is 9.10. The van der Waals surface area contributed by atoms with Crippen LogP contribution in [-0.2, 0) is 24.2 Å². The Bertz CT molecular complexity index is 524. The Morgan fingerprint density at radius 1 is 1.19 bits per heavy atom. The molecular formula is C16H23N3OS. The van der Waals surface area contributed by atoms with E-state index in [2.05, 4.69) is 10.2 Å². The van der Waals surface area contributed by atoms with Crippen molar-refractivity contribution in [3.63, 3.8) is 0 Å². The van der Waals surface area contributed by atoms with Crippen LogP contribution in [0.4, 0.5) is 0 Å². The highest BCUT2D eigenvalue weighted by Crippen LogP contribution is 2.38. The van der Waals surface area contributed by atoms with Gasteiger partial charge in [0, 0.05) is 18.0 Å². The fourth-order valence-corrected chi connectivity index (χ4v) is 5.37. The molecule has 1 amide bonds. The number of aryl methyl sites for hydroxylation is 2. The molecule has 0 aromatic carbocycles. The molecule has 4 rings (SSSR count). The molecule has 0 radical (unpaired) electrons. The van der Waals surface area contributed by atoms with Crippen molar-refractivity contribution < 1.29 is 4.79 Å². The van der Waals surface area contributed by atoms with E-state index in [9.17, 15) is 4.79 Å². The number of carbonyl (C=O) groups excluding carboxylic acids is 1. The van der Waals surface area contributed by atoms with Gasteiger partial charge >= 0.3 is 0 Å². The minimum atomic E-state index is -0.232. The lowest BCUT2D eigenvalue weighted by Crippen LogP contribution is -2.63. The molecule has 1 spiro atoms. The normalized spacial score (nSPS) is 25.0. The number of thiazole rings is 1. The van der Waals surface area contributed by atoms with Gasteiger partial charge in [-0.15, -0.1) is 11.3 Å². The minimum absolute atomic E-state index is 0.232. The number of fused-ring (bicyclic) bond motifs is 1. The van der Waals surface area contributed by atoms with Crippen LogP contribution in [0.2, 0.25) is 0 Å². The molecule has 1 aromatic heterocycles. The number of carbonyl (C=O) groups is 1. The zero-order valence-electron chi connectivity index (χ0n) is 12.5. The topological polar surface area (TPSA) is 45.2 Å². The van der Waals surface area contributed by atoms with Gasteiger partial charge in [0.2, 0.25) is 5.91 Å². The lowest BCUT2D eigenvalue weighted by Gasteiger charge is -2.43. The molecule has 0 unspecified atom stereocenters. The van der Waals surface area contributed by atoms with Crippen LogP contribution < -0.4 is 5.32 Å². The van der Waals surface area contributed by atoms with Gasteiger partial charge in [-0.25, -0.2) is 4.98 Å². The maximum absolute atomic E-state index is 12.4. The van der Waals surface area contributed by atoms with Crippen LogP contribution in [0, 0.1) is 0 Å². The summed E-state index contributed by atoms with van der Waals surface area (Å²) >= 11 is 1.89. The Morgan fingerprint density at radius 2 is 2.00 bits per heavy atom. The molecule has 2 fully saturated rings. The zero-order chi connectivity index (χ0) is 14.3. The third kappa shape index (κ3) is 2.30. The second-order valence-electron chi connectivity index (χ2n) is 6.60. The Morgan fingerprint density at radius 3 is 2.81 bits per heavy atom. The number of piperazine rings is 1. The largest absolute Gasteiger partial charge is 0.353 e. The zero-order valence-corrected chi connectivity index (χ0v) is 13.3. The number of hydrogen-bond acceptors (Lipinski definition) is 4. The molecule has 2 aliphatic carbocycles. The average molecular weight is 305 g/mol. The van der Waals surface area contributed by atoms with Gasteiger partial charge in [-0.05, 0) is 38.5 Å². The Labute approximate surface area is 129 Å². The Balaban J connectivity index is 1.57. The number of rotatable bonds is 2. The summed E-state index contributed by atoms with van der Waals surface area (Å²) in [7, 11) is 0. The van der Waals surface area contributed by atoms with Crippen molar-refractivity contribution in [1.82, 2.24) is 15.2 Å². The van der Waals surface area contributed by atoms with Crippen molar-refractivity contribution in [2.45, 2.75) is 63.5 Å². The predicted molar refractivity (Wildman–Crippen MR) is 83.4 cm³/mol. The maximum Gasteiger partial charge on any atom is 0.240 e. The molecular weight excluding hydrogens is 282 g/mol. The molecule has 1 saturated carbocycles. The quantitative estimate of drug-likeness (QED) is 0.911. The highest BCUT2D eigenvalue weighted by Gasteiger charge is 2.48. The van der Waals surface area contributed by atoms with E-state index in [0.717, 1.165) is 38.9 Å².